The highest BCUT2D eigenvalue weighted by Crippen LogP contribution is 2.19. The van der Waals surface area contributed by atoms with Crippen molar-refractivity contribution < 1.29 is 8.42 Å². The van der Waals surface area contributed by atoms with Gasteiger partial charge in [-0.25, -0.2) is 23.1 Å². The standard InChI is InChI=1S/C11H11ClN4O2S/c1-7-2-3-8(6-9(7)13)19(17,18)16-11-14-5-4-10(12)15-11/h2-6H,13H2,1H3,(H,14,15,16). The first kappa shape index (κ1) is 13.6. The van der Waals surface area contributed by atoms with Gasteiger partial charge in [0.15, 0.2) is 0 Å². The quantitative estimate of drug-likeness (QED) is 0.665. The van der Waals surface area contributed by atoms with Crippen LogP contribution in [0.5, 0.6) is 0 Å². The minimum absolute atomic E-state index is 0.0409. The van der Waals surface area contributed by atoms with E-state index >= 15 is 0 Å². The van der Waals surface area contributed by atoms with Crippen LogP contribution in [0.2, 0.25) is 5.15 Å². The Bertz CT molecular complexity index is 718. The maximum Gasteiger partial charge on any atom is 0.264 e. The average Bonchev–Trinajstić information content (AvgIpc) is 2.32. The van der Waals surface area contributed by atoms with Crippen LogP contribution in [0.15, 0.2) is 35.4 Å². The number of nitrogens with one attached hydrogen (secondary N) is 1. The lowest BCUT2D eigenvalue weighted by Gasteiger charge is -2.08. The minimum Gasteiger partial charge on any atom is -0.398 e. The van der Waals surface area contributed by atoms with E-state index in [-0.39, 0.29) is 16.0 Å². The molecule has 8 heteroatoms. The van der Waals surface area contributed by atoms with Gasteiger partial charge in [0, 0.05) is 11.9 Å². The molecule has 19 heavy (non-hydrogen) atoms. The fourth-order valence-corrected chi connectivity index (χ4v) is 2.47. The predicted molar refractivity (Wildman–Crippen MR) is 73.4 cm³/mol. The minimum atomic E-state index is -3.78. The van der Waals surface area contributed by atoms with Gasteiger partial charge < -0.3 is 5.73 Å². The lowest BCUT2D eigenvalue weighted by Crippen LogP contribution is -2.15. The topological polar surface area (TPSA) is 98.0 Å². The molecule has 0 atom stereocenters. The summed E-state index contributed by atoms with van der Waals surface area (Å²) in [5.41, 5.74) is 6.89. The van der Waals surface area contributed by atoms with Crippen LogP contribution in [0.1, 0.15) is 5.56 Å². The lowest BCUT2D eigenvalue weighted by atomic mass is 10.2. The molecule has 1 aromatic carbocycles. The molecular formula is C11H11ClN4O2S. The summed E-state index contributed by atoms with van der Waals surface area (Å²) in [6.07, 6.45) is 1.36. The van der Waals surface area contributed by atoms with Crippen LogP contribution >= 0.6 is 11.6 Å². The zero-order chi connectivity index (χ0) is 14.0. The Balaban J connectivity index is 2.35. The molecular weight excluding hydrogens is 288 g/mol. The lowest BCUT2D eigenvalue weighted by molar-refractivity contribution is 0.601. The first-order valence-corrected chi connectivity index (χ1v) is 7.12. The molecule has 0 saturated heterocycles. The molecule has 2 aromatic rings. The molecule has 1 aromatic heterocycles. The van der Waals surface area contributed by atoms with Crippen LogP contribution in [-0.2, 0) is 10.0 Å². The Labute approximate surface area is 115 Å². The summed E-state index contributed by atoms with van der Waals surface area (Å²) in [7, 11) is -3.78. The van der Waals surface area contributed by atoms with Gasteiger partial charge in [0.2, 0.25) is 5.95 Å². The summed E-state index contributed by atoms with van der Waals surface area (Å²) in [6.45, 7) is 1.79. The zero-order valence-electron chi connectivity index (χ0n) is 9.96. The maximum atomic E-state index is 12.1. The average molecular weight is 299 g/mol. The van der Waals surface area contributed by atoms with Gasteiger partial charge in [-0.05, 0) is 30.7 Å². The van der Waals surface area contributed by atoms with Crippen LogP contribution in [0.4, 0.5) is 11.6 Å². The molecule has 0 unspecified atom stereocenters. The van der Waals surface area contributed by atoms with Gasteiger partial charge in [-0.1, -0.05) is 17.7 Å². The fourth-order valence-electron chi connectivity index (χ4n) is 1.35. The molecule has 0 spiro atoms. The first-order chi connectivity index (χ1) is 8.88. The Morgan fingerprint density at radius 3 is 2.68 bits per heavy atom. The second kappa shape index (κ2) is 5.02. The second-order valence-corrected chi connectivity index (χ2v) is 5.90. The Morgan fingerprint density at radius 1 is 1.32 bits per heavy atom. The summed E-state index contributed by atoms with van der Waals surface area (Å²) in [6, 6.07) is 5.91. The molecule has 3 N–H and O–H groups in total. The number of anilines is 2. The maximum absolute atomic E-state index is 12.1. The van der Waals surface area contributed by atoms with Gasteiger partial charge >= 0.3 is 0 Å². The molecule has 0 radical (unpaired) electrons. The van der Waals surface area contributed by atoms with Crippen LogP contribution in [-0.4, -0.2) is 18.4 Å². The fraction of sp³-hybridized carbons (Fsp3) is 0.0909. The Morgan fingerprint density at radius 2 is 2.05 bits per heavy atom. The highest BCUT2D eigenvalue weighted by molar-refractivity contribution is 7.92. The van der Waals surface area contributed by atoms with E-state index < -0.39 is 10.0 Å². The molecule has 0 aliphatic heterocycles. The van der Waals surface area contributed by atoms with Crippen molar-refractivity contribution in [1.29, 1.82) is 0 Å². The first-order valence-electron chi connectivity index (χ1n) is 5.26. The monoisotopic (exact) mass is 298 g/mol. The number of hydrogen-bond acceptors (Lipinski definition) is 5. The van der Waals surface area contributed by atoms with Crippen molar-refractivity contribution in [2.24, 2.45) is 0 Å². The van der Waals surface area contributed by atoms with Crippen LogP contribution < -0.4 is 10.5 Å². The van der Waals surface area contributed by atoms with Crippen molar-refractivity contribution >= 4 is 33.3 Å². The van der Waals surface area contributed by atoms with Gasteiger partial charge in [-0.2, -0.15) is 0 Å². The van der Waals surface area contributed by atoms with Crippen molar-refractivity contribution in [3.63, 3.8) is 0 Å². The third kappa shape index (κ3) is 3.12. The van der Waals surface area contributed by atoms with Crippen LogP contribution in [0.3, 0.4) is 0 Å². The smallest absolute Gasteiger partial charge is 0.264 e. The number of rotatable bonds is 3. The molecule has 0 amide bonds. The SMILES string of the molecule is Cc1ccc(S(=O)(=O)Nc2nccc(Cl)n2)cc1N. The number of aryl methyl sites for hydroxylation is 1. The summed E-state index contributed by atoms with van der Waals surface area (Å²) in [5, 5.41) is 0.149. The van der Waals surface area contributed by atoms with E-state index in [1.807, 2.05) is 0 Å². The number of nitrogens with two attached hydrogens (primary N) is 1. The largest absolute Gasteiger partial charge is 0.398 e. The molecule has 6 nitrogen and oxygen atoms in total. The third-order valence-electron chi connectivity index (χ3n) is 2.41. The Kier molecular flexibility index (Phi) is 3.59. The van der Waals surface area contributed by atoms with Crippen LogP contribution in [0.25, 0.3) is 0 Å². The summed E-state index contributed by atoms with van der Waals surface area (Å²) in [4.78, 5) is 7.57. The molecule has 0 aliphatic carbocycles. The predicted octanol–water partition coefficient (Wildman–Crippen LogP) is 1.82. The van der Waals surface area contributed by atoms with Crippen molar-refractivity contribution in [2.45, 2.75) is 11.8 Å². The molecule has 0 bridgehead atoms. The number of halogens is 1. The highest BCUT2D eigenvalue weighted by atomic mass is 35.5. The van der Waals surface area contributed by atoms with Gasteiger partial charge in [0.05, 0.1) is 4.90 Å². The number of nitrogen functional groups attached to an aromatic ring is 1. The molecule has 0 saturated carbocycles. The van der Waals surface area contributed by atoms with E-state index in [0.717, 1.165) is 5.56 Å². The van der Waals surface area contributed by atoms with Crippen LogP contribution in [0, 0.1) is 6.92 Å². The second-order valence-electron chi connectivity index (χ2n) is 3.83. The number of sulfonamides is 1. The van der Waals surface area contributed by atoms with E-state index in [4.69, 9.17) is 17.3 Å². The number of nitrogens with zero attached hydrogens (tertiary/aromatic N) is 2. The molecule has 1 heterocycles. The molecule has 2 rings (SSSR count). The number of hydrogen-bond donors (Lipinski definition) is 2. The van der Waals surface area contributed by atoms with Crippen molar-refractivity contribution in [1.82, 2.24) is 9.97 Å². The summed E-state index contributed by atoms with van der Waals surface area (Å²) < 4.78 is 26.4. The van der Waals surface area contributed by atoms with Crippen molar-refractivity contribution in [3.05, 3.63) is 41.2 Å². The van der Waals surface area contributed by atoms with E-state index in [1.54, 1.807) is 13.0 Å². The van der Waals surface area contributed by atoms with Gasteiger partial charge in [-0.3, -0.25) is 0 Å². The summed E-state index contributed by atoms with van der Waals surface area (Å²) >= 11 is 5.66. The van der Waals surface area contributed by atoms with E-state index in [9.17, 15) is 8.42 Å². The number of benzene rings is 1. The Hall–Kier alpha value is -1.86. The van der Waals surface area contributed by atoms with Gasteiger partial charge in [-0.15, -0.1) is 0 Å². The zero-order valence-corrected chi connectivity index (χ0v) is 11.5. The van der Waals surface area contributed by atoms with E-state index in [1.165, 1.54) is 24.4 Å². The number of aromatic nitrogens is 2. The van der Waals surface area contributed by atoms with Crippen molar-refractivity contribution in [2.75, 3.05) is 10.5 Å². The van der Waals surface area contributed by atoms with E-state index in [2.05, 4.69) is 14.7 Å². The van der Waals surface area contributed by atoms with Gasteiger partial charge in [0.1, 0.15) is 5.15 Å². The van der Waals surface area contributed by atoms with E-state index in [0.29, 0.717) is 5.69 Å². The third-order valence-corrected chi connectivity index (χ3v) is 3.94. The summed E-state index contributed by atoms with van der Waals surface area (Å²) in [5.74, 6) is -0.0911. The molecule has 100 valence electrons. The molecule has 0 aliphatic rings. The van der Waals surface area contributed by atoms with Crippen molar-refractivity contribution in [3.8, 4) is 0 Å². The normalized spacial score (nSPS) is 11.3. The highest BCUT2D eigenvalue weighted by Gasteiger charge is 2.16. The molecule has 0 fully saturated rings. The van der Waals surface area contributed by atoms with Gasteiger partial charge in [0.25, 0.3) is 10.0 Å².